The van der Waals surface area contributed by atoms with Crippen molar-refractivity contribution in [3.63, 3.8) is 0 Å². The minimum absolute atomic E-state index is 0.0806. The quantitative estimate of drug-likeness (QED) is 0.780. The number of ether oxygens (including phenoxy) is 1. The monoisotopic (exact) mass is 213 g/mol. The molecule has 2 atom stereocenters. The van der Waals surface area contributed by atoms with Crippen LogP contribution in [0.25, 0.3) is 0 Å². The number of esters is 1. The normalized spacial score (nSPS) is 14.5. The van der Waals surface area contributed by atoms with Crippen LogP contribution in [0.15, 0.2) is 16.8 Å². The Bertz CT molecular complexity index is 284. The molecular formula is C10H15NO2S. The van der Waals surface area contributed by atoms with Crippen molar-refractivity contribution in [3.8, 4) is 0 Å². The molecule has 0 aliphatic heterocycles. The molecule has 3 nitrogen and oxygen atoms in total. The van der Waals surface area contributed by atoms with Crippen molar-refractivity contribution in [3.05, 3.63) is 16.8 Å². The van der Waals surface area contributed by atoms with E-state index in [-0.39, 0.29) is 17.9 Å². The van der Waals surface area contributed by atoms with Gasteiger partial charge in [-0.1, -0.05) is 0 Å². The van der Waals surface area contributed by atoms with Crippen LogP contribution in [0.1, 0.15) is 13.8 Å². The van der Waals surface area contributed by atoms with Gasteiger partial charge in [-0.3, -0.25) is 4.79 Å². The van der Waals surface area contributed by atoms with Gasteiger partial charge in [-0.2, -0.15) is 11.3 Å². The molecule has 1 rings (SSSR count). The van der Waals surface area contributed by atoms with Crippen molar-refractivity contribution in [2.24, 2.45) is 5.92 Å². The first-order chi connectivity index (χ1) is 6.65. The van der Waals surface area contributed by atoms with Crippen LogP contribution >= 0.6 is 11.3 Å². The highest BCUT2D eigenvalue weighted by atomic mass is 32.1. The molecule has 0 bridgehead atoms. The van der Waals surface area contributed by atoms with Crippen molar-refractivity contribution in [2.75, 3.05) is 12.4 Å². The maximum Gasteiger partial charge on any atom is 0.310 e. The third kappa shape index (κ3) is 2.73. The van der Waals surface area contributed by atoms with Crippen molar-refractivity contribution in [1.82, 2.24) is 0 Å². The number of anilines is 1. The number of thiophene rings is 1. The lowest BCUT2D eigenvalue weighted by Gasteiger charge is -2.19. The van der Waals surface area contributed by atoms with Crippen LogP contribution < -0.4 is 5.32 Å². The molecule has 0 aliphatic carbocycles. The Morgan fingerprint density at radius 3 is 2.79 bits per heavy atom. The molecule has 0 saturated carbocycles. The summed E-state index contributed by atoms with van der Waals surface area (Å²) in [6.07, 6.45) is 0. The maximum atomic E-state index is 11.2. The van der Waals surface area contributed by atoms with E-state index in [0.29, 0.717) is 0 Å². The molecule has 0 saturated heterocycles. The molecule has 0 amide bonds. The van der Waals surface area contributed by atoms with Gasteiger partial charge in [-0.05, 0) is 25.3 Å². The third-order valence-electron chi connectivity index (χ3n) is 2.24. The van der Waals surface area contributed by atoms with Gasteiger partial charge in [-0.15, -0.1) is 0 Å². The van der Waals surface area contributed by atoms with E-state index in [0.717, 1.165) is 5.69 Å². The van der Waals surface area contributed by atoms with Crippen molar-refractivity contribution in [1.29, 1.82) is 0 Å². The van der Waals surface area contributed by atoms with E-state index in [1.807, 2.05) is 30.7 Å². The van der Waals surface area contributed by atoms with Gasteiger partial charge >= 0.3 is 5.97 Å². The Morgan fingerprint density at radius 2 is 2.29 bits per heavy atom. The van der Waals surface area contributed by atoms with Crippen LogP contribution in [-0.4, -0.2) is 19.1 Å². The summed E-state index contributed by atoms with van der Waals surface area (Å²) in [5.74, 6) is -0.319. The number of hydrogen-bond donors (Lipinski definition) is 1. The molecule has 0 radical (unpaired) electrons. The second-order valence-electron chi connectivity index (χ2n) is 3.26. The summed E-state index contributed by atoms with van der Waals surface area (Å²) in [5, 5.41) is 7.26. The number of rotatable bonds is 4. The van der Waals surface area contributed by atoms with Crippen LogP contribution in [0, 0.1) is 5.92 Å². The van der Waals surface area contributed by atoms with Gasteiger partial charge in [0.05, 0.1) is 13.0 Å². The lowest BCUT2D eigenvalue weighted by atomic mass is 10.0. The average molecular weight is 213 g/mol. The molecule has 78 valence electrons. The minimum atomic E-state index is -0.180. The van der Waals surface area contributed by atoms with Crippen LogP contribution in [-0.2, 0) is 9.53 Å². The standard InChI is InChI=1S/C10H15NO2S/c1-7(10(12)13-3)8(2)11-9-4-5-14-6-9/h4-8,11H,1-3H3. The van der Waals surface area contributed by atoms with Gasteiger partial charge < -0.3 is 10.1 Å². The molecule has 1 N–H and O–H groups in total. The Labute approximate surface area is 88.1 Å². The van der Waals surface area contributed by atoms with Gasteiger partial charge in [0, 0.05) is 17.1 Å². The fraction of sp³-hybridized carbons (Fsp3) is 0.500. The van der Waals surface area contributed by atoms with Crippen molar-refractivity contribution >= 4 is 23.0 Å². The topological polar surface area (TPSA) is 38.3 Å². The molecule has 0 fully saturated rings. The van der Waals surface area contributed by atoms with Crippen LogP contribution in [0.2, 0.25) is 0 Å². The minimum Gasteiger partial charge on any atom is -0.469 e. The molecule has 0 spiro atoms. The van der Waals surface area contributed by atoms with E-state index in [2.05, 4.69) is 10.1 Å². The number of nitrogens with one attached hydrogen (secondary N) is 1. The largest absolute Gasteiger partial charge is 0.469 e. The van der Waals surface area contributed by atoms with Gasteiger partial charge in [-0.25, -0.2) is 0 Å². The molecule has 0 aliphatic rings. The Morgan fingerprint density at radius 1 is 1.57 bits per heavy atom. The van der Waals surface area contributed by atoms with E-state index in [1.54, 1.807) is 11.3 Å². The molecule has 1 aromatic heterocycles. The van der Waals surface area contributed by atoms with E-state index >= 15 is 0 Å². The summed E-state index contributed by atoms with van der Waals surface area (Å²) in [4.78, 5) is 11.2. The zero-order valence-electron chi connectivity index (χ0n) is 8.61. The van der Waals surface area contributed by atoms with Crippen LogP contribution in [0.5, 0.6) is 0 Å². The predicted molar refractivity (Wildman–Crippen MR) is 58.6 cm³/mol. The summed E-state index contributed by atoms with van der Waals surface area (Å²) in [6, 6.07) is 2.07. The number of methoxy groups -OCH3 is 1. The van der Waals surface area contributed by atoms with Gasteiger partial charge in [0.25, 0.3) is 0 Å². The second-order valence-corrected chi connectivity index (χ2v) is 4.04. The summed E-state index contributed by atoms with van der Waals surface area (Å²) in [7, 11) is 1.41. The summed E-state index contributed by atoms with van der Waals surface area (Å²) in [5.41, 5.74) is 1.05. The van der Waals surface area contributed by atoms with E-state index in [1.165, 1.54) is 7.11 Å². The zero-order valence-corrected chi connectivity index (χ0v) is 9.43. The number of carbonyl (C=O) groups excluding carboxylic acids is 1. The lowest BCUT2D eigenvalue weighted by molar-refractivity contribution is -0.145. The highest BCUT2D eigenvalue weighted by Gasteiger charge is 2.20. The fourth-order valence-corrected chi connectivity index (χ4v) is 1.72. The molecule has 2 unspecified atom stereocenters. The van der Waals surface area contributed by atoms with Crippen LogP contribution in [0.3, 0.4) is 0 Å². The second kappa shape index (κ2) is 5.00. The Kier molecular flexibility index (Phi) is 3.95. The van der Waals surface area contributed by atoms with Crippen molar-refractivity contribution in [2.45, 2.75) is 19.9 Å². The highest BCUT2D eigenvalue weighted by Crippen LogP contribution is 2.16. The first kappa shape index (κ1) is 11.0. The van der Waals surface area contributed by atoms with E-state index in [4.69, 9.17) is 0 Å². The first-order valence-corrected chi connectivity index (χ1v) is 5.46. The molecule has 1 heterocycles. The van der Waals surface area contributed by atoms with Gasteiger partial charge in [0.15, 0.2) is 0 Å². The summed E-state index contributed by atoms with van der Waals surface area (Å²) in [6.45, 7) is 3.83. The van der Waals surface area contributed by atoms with Gasteiger partial charge in [0.2, 0.25) is 0 Å². The Balaban J connectivity index is 2.49. The zero-order chi connectivity index (χ0) is 10.6. The molecule has 4 heteroatoms. The van der Waals surface area contributed by atoms with E-state index in [9.17, 15) is 4.79 Å². The van der Waals surface area contributed by atoms with Gasteiger partial charge in [0.1, 0.15) is 0 Å². The molecule has 1 aromatic rings. The molecule has 14 heavy (non-hydrogen) atoms. The smallest absolute Gasteiger partial charge is 0.310 e. The Hall–Kier alpha value is -1.03. The molecular weight excluding hydrogens is 198 g/mol. The van der Waals surface area contributed by atoms with E-state index < -0.39 is 0 Å². The van der Waals surface area contributed by atoms with Crippen molar-refractivity contribution < 1.29 is 9.53 Å². The fourth-order valence-electron chi connectivity index (χ4n) is 1.12. The SMILES string of the molecule is COC(=O)C(C)C(C)Nc1ccsc1. The van der Waals surface area contributed by atoms with Crippen LogP contribution in [0.4, 0.5) is 5.69 Å². The number of hydrogen-bond acceptors (Lipinski definition) is 4. The average Bonchev–Trinajstić information content (AvgIpc) is 2.68. The maximum absolute atomic E-state index is 11.2. The predicted octanol–water partition coefficient (Wildman–Crippen LogP) is 2.36. The lowest BCUT2D eigenvalue weighted by Crippen LogP contribution is -2.30. The summed E-state index contributed by atoms with van der Waals surface area (Å²) >= 11 is 1.63. The first-order valence-electron chi connectivity index (χ1n) is 4.51. The third-order valence-corrected chi connectivity index (χ3v) is 2.92. The number of carbonyl (C=O) groups is 1. The molecule has 0 aromatic carbocycles. The summed E-state index contributed by atoms with van der Waals surface area (Å²) < 4.78 is 4.68. The highest BCUT2D eigenvalue weighted by molar-refractivity contribution is 7.08.